The zero-order chi connectivity index (χ0) is 15.0. The summed E-state index contributed by atoms with van der Waals surface area (Å²) in [5.41, 5.74) is 2.77. The number of benzene rings is 1. The zero-order valence-electron chi connectivity index (χ0n) is 11.4. The largest absolute Gasteiger partial charge is 0.322 e. The molecule has 0 bridgehead atoms. The van der Waals surface area contributed by atoms with Crippen LogP contribution in [0.15, 0.2) is 18.2 Å². The predicted octanol–water partition coefficient (Wildman–Crippen LogP) is 1.43. The number of amides is 3. The SMILES string of the molecule is O=C1CCC(N2Cc3cccc(CCI)c3C2=O)C(=O)N1. The van der Waals surface area contributed by atoms with Crippen LogP contribution in [0.5, 0.6) is 0 Å². The van der Waals surface area contributed by atoms with Crippen LogP contribution in [0.2, 0.25) is 0 Å². The first-order valence-corrected chi connectivity index (χ1v) is 8.45. The number of piperidine rings is 1. The third-order valence-corrected chi connectivity index (χ3v) is 4.54. The molecule has 2 aliphatic rings. The molecule has 1 unspecified atom stereocenters. The Bertz CT molecular complexity index is 629. The Balaban J connectivity index is 1.88. The molecule has 0 spiro atoms. The van der Waals surface area contributed by atoms with Crippen LogP contribution < -0.4 is 5.32 Å². The van der Waals surface area contributed by atoms with Crippen molar-refractivity contribution in [3.8, 4) is 0 Å². The molecule has 1 aromatic rings. The molecule has 1 saturated heterocycles. The van der Waals surface area contributed by atoms with E-state index in [0.29, 0.717) is 13.0 Å². The first-order chi connectivity index (χ1) is 10.1. The van der Waals surface area contributed by atoms with Crippen molar-refractivity contribution in [2.45, 2.75) is 31.8 Å². The van der Waals surface area contributed by atoms with Gasteiger partial charge in [-0.05, 0) is 24.0 Å². The molecule has 0 aliphatic carbocycles. The van der Waals surface area contributed by atoms with Gasteiger partial charge in [0.2, 0.25) is 11.8 Å². The first kappa shape index (κ1) is 14.5. The van der Waals surface area contributed by atoms with Gasteiger partial charge in [-0.1, -0.05) is 40.8 Å². The van der Waals surface area contributed by atoms with Crippen molar-refractivity contribution in [1.82, 2.24) is 10.2 Å². The molecule has 0 aromatic heterocycles. The lowest BCUT2D eigenvalue weighted by Gasteiger charge is -2.29. The van der Waals surface area contributed by atoms with Gasteiger partial charge in [0.05, 0.1) is 0 Å². The highest BCUT2D eigenvalue weighted by Crippen LogP contribution is 2.30. The number of hydrogen-bond donors (Lipinski definition) is 1. The number of fused-ring (bicyclic) bond motifs is 1. The van der Waals surface area contributed by atoms with Crippen molar-refractivity contribution in [2.24, 2.45) is 0 Å². The third kappa shape index (κ3) is 2.56. The minimum Gasteiger partial charge on any atom is -0.322 e. The van der Waals surface area contributed by atoms with E-state index in [0.717, 1.165) is 27.5 Å². The van der Waals surface area contributed by atoms with E-state index in [1.54, 1.807) is 4.90 Å². The smallest absolute Gasteiger partial charge is 0.255 e. The summed E-state index contributed by atoms with van der Waals surface area (Å²) in [6, 6.07) is 5.34. The zero-order valence-corrected chi connectivity index (χ0v) is 13.6. The van der Waals surface area contributed by atoms with Gasteiger partial charge < -0.3 is 4.90 Å². The average Bonchev–Trinajstić information content (AvgIpc) is 2.78. The van der Waals surface area contributed by atoms with E-state index in [1.165, 1.54) is 0 Å². The van der Waals surface area contributed by atoms with Crippen LogP contribution in [0.4, 0.5) is 0 Å². The summed E-state index contributed by atoms with van der Waals surface area (Å²) in [5, 5.41) is 2.32. The fourth-order valence-electron chi connectivity index (χ4n) is 3.00. The molecular formula is C15H15IN2O3. The lowest BCUT2D eigenvalue weighted by atomic mass is 10.0. The topological polar surface area (TPSA) is 66.5 Å². The van der Waals surface area contributed by atoms with Gasteiger partial charge in [0, 0.05) is 23.0 Å². The van der Waals surface area contributed by atoms with E-state index in [-0.39, 0.29) is 24.1 Å². The lowest BCUT2D eigenvalue weighted by Crippen LogP contribution is -2.52. The minimum absolute atomic E-state index is 0.0834. The molecule has 6 heteroatoms. The molecule has 1 fully saturated rings. The molecule has 110 valence electrons. The normalized spacial score (nSPS) is 21.5. The monoisotopic (exact) mass is 398 g/mol. The molecule has 1 atom stereocenters. The van der Waals surface area contributed by atoms with Crippen LogP contribution in [0, 0.1) is 0 Å². The molecule has 21 heavy (non-hydrogen) atoms. The van der Waals surface area contributed by atoms with Gasteiger partial charge >= 0.3 is 0 Å². The van der Waals surface area contributed by atoms with Crippen molar-refractivity contribution in [3.05, 3.63) is 34.9 Å². The number of alkyl halides is 1. The fourth-order valence-corrected chi connectivity index (χ4v) is 3.58. The van der Waals surface area contributed by atoms with Crippen molar-refractivity contribution < 1.29 is 14.4 Å². The minimum atomic E-state index is -0.532. The highest BCUT2D eigenvalue weighted by molar-refractivity contribution is 14.1. The predicted molar refractivity (Wildman–Crippen MR) is 85.1 cm³/mol. The number of aryl methyl sites for hydroxylation is 1. The van der Waals surface area contributed by atoms with Crippen molar-refractivity contribution in [3.63, 3.8) is 0 Å². The van der Waals surface area contributed by atoms with E-state index >= 15 is 0 Å². The van der Waals surface area contributed by atoms with Gasteiger partial charge in [0.15, 0.2) is 0 Å². The average molecular weight is 398 g/mol. The van der Waals surface area contributed by atoms with Crippen LogP contribution in [0.25, 0.3) is 0 Å². The van der Waals surface area contributed by atoms with E-state index in [4.69, 9.17) is 0 Å². The van der Waals surface area contributed by atoms with E-state index in [1.807, 2.05) is 18.2 Å². The second kappa shape index (κ2) is 5.75. The molecule has 2 aliphatic heterocycles. The Morgan fingerprint density at radius 3 is 2.81 bits per heavy atom. The molecule has 1 aromatic carbocycles. The number of rotatable bonds is 3. The quantitative estimate of drug-likeness (QED) is 0.476. The van der Waals surface area contributed by atoms with E-state index in [9.17, 15) is 14.4 Å². The lowest BCUT2D eigenvalue weighted by molar-refractivity contribution is -0.136. The van der Waals surface area contributed by atoms with Crippen molar-refractivity contribution in [2.75, 3.05) is 4.43 Å². The Morgan fingerprint density at radius 2 is 2.10 bits per heavy atom. The Morgan fingerprint density at radius 1 is 1.29 bits per heavy atom. The maximum absolute atomic E-state index is 12.7. The van der Waals surface area contributed by atoms with Crippen LogP contribution in [-0.4, -0.2) is 33.1 Å². The molecule has 0 saturated carbocycles. The number of halogens is 1. The van der Waals surface area contributed by atoms with Crippen LogP contribution in [-0.2, 0) is 22.6 Å². The Labute approximate surface area is 136 Å². The van der Waals surface area contributed by atoms with Crippen LogP contribution >= 0.6 is 22.6 Å². The number of imide groups is 1. The molecule has 2 heterocycles. The van der Waals surface area contributed by atoms with Gasteiger partial charge in [-0.2, -0.15) is 0 Å². The van der Waals surface area contributed by atoms with E-state index < -0.39 is 6.04 Å². The van der Waals surface area contributed by atoms with Crippen molar-refractivity contribution >= 4 is 40.3 Å². The highest BCUT2D eigenvalue weighted by Gasteiger charge is 2.39. The van der Waals surface area contributed by atoms with Gasteiger partial charge in [0.1, 0.15) is 6.04 Å². The molecular weight excluding hydrogens is 383 g/mol. The second-order valence-electron chi connectivity index (χ2n) is 5.29. The second-order valence-corrected chi connectivity index (χ2v) is 6.37. The Hall–Kier alpha value is -1.44. The maximum atomic E-state index is 12.7. The summed E-state index contributed by atoms with van der Waals surface area (Å²) >= 11 is 2.29. The number of nitrogens with zero attached hydrogens (tertiary/aromatic N) is 1. The fraction of sp³-hybridized carbons (Fsp3) is 0.400. The molecule has 1 N–H and O–H groups in total. The first-order valence-electron chi connectivity index (χ1n) is 6.93. The highest BCUT2D eigenvalue weighted by atomic mass is 127. The maximum Gasteiger partial charge on any atom is 0.255 e. The van der Waals surface area contributed by atoms with Gasteiger partial charge in [-0.25, -0.2) is 0 Å². The summed E-state index contributed by atoms with van der Waals surface area (Å²) in [4.78, 5) is 37.5. The molecule has 0 radical (unpaired) electrons. The molecule has 5 nitrogen and oxygen atoms in total. The van der Waals surface area contributed by atoms with E-state index in [2.05, 4.69) is 27.9 Å². The third-order valence-electron chi connectivity index (χ3n) is 4.00. The number of nitrogens with one attached hydrogen (secondary N) is 1. The molecule has 3 rings (SSSR count). The van der Waals surface area contributed by atoms with Crippen molar-refractivity contribution in [1.29, 1.82) is 0 Å². The van der Waals surface area contributed by atoms with Gasteiger partial charge in [0.25, 0.3) is 5.91 Å². The summed E-state index contributed by atoms with van der Waals surface area (Å²) in [6.07, 6.45) is 1.54. The summed E-state index contributed by atoms with van der Waals surface area (Å²) < 4.78 is 0.944. The Kier molecular flexibility index (Phi) is 3.97. The van der Waals surface area contributed by atoms with Crippen LogP contribution in [0.1, 0.15) is 34.3 Å². The summed E-state index contributed by atoms with van der Waals surface area (Å²) in [5.74, 6) is -0.700. The number of carbonyl (C=O) groups is 3. The van der Waals surface area contributed by atoms with Gasteiger partial charge in [-0.3, -0.25) is 19.7 Å². The number of carbonyl (C=O) groups excluding carboxylic acids is 3. The summed E-state index contributed by atoms with van der Waals surface area (Å²) in [7, 11) is 0. The molecule has 3 amide bonds. The van der Waals surface area contributed by atoms with Gasteiger partial charge in [-0.15, -0.1) is 0 Å². The summed E-state index contributed by atoms with van der Waals surface area (Å²) in [6.45, 7) is 0.454. The number of hydrogen-bond acceptors (Lipinski definition) is 3. The van der Waals surface area contributed by atoms with Crippen LogP contribution in [0.3, 0.4) is 0 Å². The standard InChI is InChI=1S/C15H15IN2O3/c16-7-6-9-2-1-3-10-8-18(15(21)13(9)10)11-4-5-12(19)17-14(11)20/h1-3,11H,4-8H2,(H,17,19,20).